The highest BCUT2D eigenvalue weighted by Crippen LogP contribution is 2.61. The van der Waals surface area contributed by atoms with Crippen LogP contribution in [0.25, 0.3) is 76.8 Å². The second-order valence-electron chi connectivity index (χ2n) is 17.9. The van der Waals surface area contributed by atoms with Crippen molar-refractivity contribution < 1.29 is 0 Å². The van der Waals surface area contributed by atoms with Crippen LogP contribution in [-0.2, 0) is 5.41 Å². The van der Waals surface area contributed by atoms with Crippen LogP contribution in [0.5, 0.6) is 0 Å². The molecule has 0 N–H and O–H groups in total. The number of benzene rings is 12. The lowest BCUT2D eigenvalue weighted by atomic mass is 9.68. The van der Waals surface area contributed by atoms with Crippen molar-refractivity contribution in [2.75, 3.05) is 4.90 Å². The van der Waals surface area contributed by atoms with Gasteiger partial charge in [-0.3, -0.25) is 0 Å². The summed E-state index contributed by atoms with van der Waals surface area (Å²) in [5.74, 6) is 0. The van der Waals surface area contributed by atoms with E-state index in [1.807, 2.05) is 0 Å². The number of hydrogen-bond acceptors (Lipinski definition) is 1. The molecule has 0 spiro atoms. The van der Waals surface area contributed by atoms with E-state index >= 15 is 0 Å². The van der Waals surface area contributed by atoms with E-state index in [9.17, 15) is 0 Å². The van der Waals surface area contributed by atoms with E-state index in [-0.39, 0.29) is 0 Å². The third-order valence-corrected chi connectivity index (χ3v) is 14.3. The van der Waals surface area contributed by atoms with E-state index < -0.39 is 5.41 Å². The van der Waals surface area contributed by atoms with Gasteiger partial charge in [0.1, 0.15) is 0 Å². The molecular formula is C67H45N. The summed E-state index contributed by atoms with van der Waals surface area (Å²) in [5.41, 5.74) is 17.5. The SMILES string of the molecule is c1ccc(-c2ccccc2-c2ccc(N(c3cccc4c3-c3ccccc3C4(c3ccccc3)c3ccccc3)c3c(-c4cccc5ccccc45)c4ccccc4c4ccccc34)cc2)cc1. The maximum Gasteiger partial charge on any atom is 0.0714 e. The van der Waals surface area contributed by atoms with E-state index in [0.29, 0.717) is 0 Å². The van der Waals surface area contributed by atoms with Crippen molar-refractivity contribution in [3.05, 3.63) is 295 Å². The number of rotatable bonds is 8. The lowest BCUT2D eigenvalue weighted by molar-refractivity contribution is 0.768. The highest BCUT2D eigenvalue weighted by Gasteiger charge is 2.47. The van der Waals surface area contributed by atoms with Crippen LogP contribution in [0.2, 0.25) is 0 Å². The van der Waals surface area contributed by atoms with Gasteiger partial charge < -0.3 is 4.90 Å². The summed E-state index contributed by atoms with van der Waals surface area (Å²) < 4.78 is 0. The topological polar surface area (TPSA) is 3.24 Å². The molecule has 12 aromatic rings. The highest BCUT2D eigenvalue weighted by atomic mass is 15.2. The molecule has 1 heteroatoms. The smallest absolute Gasteiger partial charge is 0.0714 e. The van der Waals surface area contributed by atoms with Crippen molar-refractivity contribution in [3.63, 3.8) is 0 Å². The Hall–Kier alpha value is -8.78. The third kappa shape index (κ3) is 6.10. The average molecular weight is 864 g/mol. The van der Waals surface area contributed by atoms with Gasteiger partial charge in [-0.15, -0.1) is 0 Å². The lowest BCUT2D eigenvalue weighted by Gasteiger charge is -2.35. The maximum absolute atomic E-state index is 2.60. The fourth-order valence-electron chi connectivity index (χ4n) is 11.5. The minimum atomic E-state index is -0.564. The first kappa shape index (κ1) is 39.6. The summed E-state index contributed by atoms with van der Waals surface area (Å²) in [6.45, 7) is 0. The zero-order chi connectivity index (χ0) is 45.0. The Morgan fingerprint density at radius 1 is 0.265 bits per heavy atom. The molecule has 0 fully saturated rings. The Balaban J connectivity index is 1.17. The molecule has 0 atom stereocenters. The summed E-state index contributed by atoms with van der Waals surface area (Å²) in [4.78, 5) is 2.60. The second-order valence-corrected chi connectivity index (χ2v) is 17.9. The largest absolute Gasteiger partial charge is 0.309 e. The van der Waals surface area contributed by atoms with Crippen LogP contribution in [0, 0.1) is 0 Å². The normalized spacial score (nSPS) is 12.5. The van der Waals surface area contributed by atoms with Gasteiger partial charge in [-0.2, -0.15) is 0 Å². The van der Waals surface area contributed by atoms with Crippen molar-refractivity contribution >= 4 is 49.4 Å². The van der Waals surface area contributed by atoms with E-state index in [2.05, 4.69) is 278 Å². The summed E-state index contributed by atoms with van der Waals surface area (Å²) in [6, 6.07) is 101. The number of hydrogen-bond donors (Lipinski definition) is 0. The fraction of sp³-hybridized carbons (Fsp3) is 0.0149. The lowest BCUT2D eigenvalue weighted by Crippen LogP contribution is -2.28. The van der Waals surface area contributed by atoms with Gasteiger partial charge in [-0.1, -0.05) is 255 Å². The first-order valence-electron chi connectivity index (χ1n) is 23.6. The zero-order valence-corrected chi connectivity index (χ0v) is 37.4. The molecule has 1 aliphatic rings. The summed E-state index contributed by atoms with van der Waals surface area (Å²) >= 11 is 0. The van der Waals surface area contributed by atoms with Gasteiger partial charge in [0, 0.05) is 22.2 Å². The average Bonchev–Trinajstić information content (AvgIpc) is 3.73. The molecule has 0 saturated carbocycles. The van der Waals surface area contributed by atoms with Crippen LogP contribution in [-0.4, -0.2) is 0 Å². The maximum atomic E-state index is 2.60. The molecule has 0 heterocycles. The van der Waals surface area contributed by atoms with E-state index in [4.69, 9.17) is 0 Å². The molecule has 0 unspecified atom stereocenters. The van der Waals surface area contributed by atoms with Gasteiger partial charge >= 0.3 is 0 Å². The standard InChI is InChI=1S/C67H45N/c1-4-22-46(23-5-1)52-30-12-13-31-53(52)48-42-44-51(45-43-48)68(66-59-36-17-15-34-56(59)55-33-14-16-35-58(55)64(66)57-38-20-25-47-24-10-11-32-54(47)57)63-41-21-40-62-65(63)60-37-18-19-39-61(60)67(62,49-26-6-2-7-27-49)50-28-8-3-9-29-50/h1-45H. The second kappa shape index (κ2) is 16.3. The van der Waals surface area contributed by atoms with E-state index in [1.165, 1.54) is 99.1 Å². The Labute approximate surface area is 397 Å². The molecular weight excluding hydrogens is 819 g/mol. The molecule has 12 aromatic carbocycles. The van der Waals surface area contributed by atoms with E-state index in [1.54, 1.807) is 0 Å². The molecule has 0 amide bonds. The number of anilines is 3. The number of nitrogens with zero attached hydrogens (tertiary/aromatic N) is 1. The van der Waals surface area contributed by atoms with Crippen molar-refractivity contribution in [1.82, 2.24) is 0 Å². The first-order valence-corrected chi connectivity index (χ1v) is 23.6. The fourth-order valence-corrected chi connectivity index (χ4v) is 11.5. The molecule has 318 valence electrons. The van der Waals surface area contributed by atoms with Crippen LogP contribution in [0.4, 0.5) is 17.1 Å². The van der Waals surface area contributed by atoms with Crippen LogP contribution in [0.1, 0.15) is 22.3 Å². The molecule has 68 heavy (non-hydrogen) atoms. The molecule has 0 aromatic heterocycles. The molecule has 13 rings (SSSR count). The highest BCUT2D eigenvalue weighted by molar-refractivity contribution is 6.24. The van der Waals surface area contributed by atoms with Gasteiger partial charge in [0.05, 0.1) is 16.8 Å². The van der Waals surface area contributed by atoms with Crippen LogP contribution >= 0.6 is 0 Å². The van der Waals surface area contributed by atoms with Gasteiger partial charge in [-0.05, 0) is 101 Å². The van der Waals surface area contributed by atoms with E-state index in [0.717, 1.165) is 17.1 Å². The predicted molar refractivity (Wildman–Crippen MR) is 287 cm³/mol. The summed E-state index contributed by atoms with van der Waals surface area (Å²) in [7, 11) is 0. The Bertz CT molecular complexity index is 3790. The minimum Gasteiger partial charge on any atom is -0.309 e. The monoisotopic (exact) mass is 863 g/mol. The molecule has 0 radical (unpaired) electrons. The van der Waals surface area contributed by atoms with Gasteiger partial charge in [-0.25, -0.2) is 0 Å². The Kier molecular flexibility index (Phi) is 9.47. The summed E-state index contributed by atoms with van der Waals surface area (Å²) in [5, 5.41) is 7.29. The van der Waals surface area contributed by atoms with Gasteiger partial charge in [0.2, 0.25) is 0 Å². The molecule has 1 aliphatic carbocycles. The summed E-state index contributed by atoms with van der Waals surface area (Å²) in [6.07, 6.45) is 0. The van der Waals surface area contributed by atoms with Gasteiger partial charge in [0.15, 0.2) is 0 Å². The van der Waals surface area contributed by atoms with Crippen LogP contribution in [0.15, 0.2) is 273 Å². The van der Waals surface area contributed by atoms with Crippen molar-refractivity contribution in [2.24, 2.45) is 0 Å². The minimum absolute atomic E-state index is 0.564. The third-order valence-electron chi connectivity index (χ3n) is 14.3. The molecule has 0 bridgehead atoms. The molecule has 0 aliphatic heterocycles. The predicted octanol–water partition coefficient (Wildman–Crippen LogP) is 18.0. The quantitative estimate of drug-likeness (QED) is 0.138. The zero-order valence-electron chi connectivity index (χ0n) is 37.4. The first-order chi connectivity index (χ1) is 33.8. The molecule has 0 saturated heterocycles. The van der Waals surface area contributed by atoms with Gasteiger partial charge in [0.25, 0.3) is 0 Å². The van der Waals surface area contributed by atoms with Crippen molar-refractivity contribution in [2.45, 2.75) is 5.41 Å². The van der Waals surface area contributed by atoms with Crippen LogP contribution in [0.3, 0.4) is 0 Å². The van der Waals surface area contributed by atoms with Crippen molar-refractivity contribution in [3.8, 4) is 44.5 Å². The number of fused-ring (bicyclic) bond motifs is 7. The van der Waals surface area contributed by atoms with Crippen molar-refractivity contribution in [1.29, 1.82) is 0 Å². The van der Waals surface area contributed by atoms with Crippen LogP contribution < -0.4 is 4.90 Å². The Morgan fingerprint density at radius 2 is 0.721 bits per heavy atom. The molecule has 1 nitrogen and oxygen atoms in total. The Morgan fingerprint density at radius 3 is 1.40 bits per heavy atom.